The highest BCUT2D eigenvalue weighted by atomic mass is 16.7. The van der Waals surface area contributed by atoms with Gasteiger partial charge < -0.3 is 24.1 Å². The zero-order chi connectivity index (χ0) is 18.9. The Morgan fingerprint density at radius 2 is 2.12 bits per heavy atom. The molecule has 2 aromatic rings. The number of aromatic nitrogens is 1. The number of hydrogen-bond acceptors (Lipinski definition) is 4. The lowest BCUT2D eigenvalue weighted by molar-refractivity contribution is -0.141. The summed E-state index contributed by atoms with van der Waals surface area (Å²) >= 11 is 0. The summed E-state index contributed by atoms with van der Waals surface area (Å²) in [5.41, 5.74) is 1.81. The summed E-state index contributed by atoms with van der Waals surface area (Å²) in [6.07, 6.45) is 2.18. The van der Waals surface area contributed by atoms with Crippen LogP contribution < -0.4 is 0 Å². The summed E-state index contributed by atoms with van der Waals surface area (Å²) < 4.78 is 16.6. The van der Waals surface area contributed by atoms with Gasteiger partial charge in [-0.05, 0) is 45.7 Å². The molecule has 1 saturated heterocycles. The van der Waals surface area contributed by atoms with Crippen molar-refractivity contribution in [3.63, 3.8) is 0 Å². The first-order valence-electron chi connectivity index (χ1n) is 8.94. The molecule has 1 N–H and O–H groups in total. The number of carbonyl (C=O) groups is 1. The van der Waals surface area contributed by atoms with E-state index in [1.54, 1.807) is 4.90 Å². The van der Waals surface area contributed by atoms with E-state index in [1.807, 2.05) is 46.0 Å². The molecule has 26 heavy (non-hydrogen) atoms. The molecule has 1 amide bonds. The monoisotopic (exact) mass is 360 g/mol. The quantitative estimate of drug-likeness (QED) is 0.883. The summed E-state index contributed by atoms with van der Waals surface area (Å²) in [5.74, 6) is -0.618. The molecule has 1 aromatic carbocycles. The van der Waals surface area contributed by atoms with Gasteiger partial charge in [-0.25, -0.2) is 4.79 Å². The van der Waals surface area contributed by atoms with E-state index in [1.165, 1.54) is 18.1 Å². The number of nitrogens with one attached hydrogen (secondary N) is 1. The molecule has 3 rings (SSSR count). The van der Waals surface area contributed by atoms with Crippen molar-refractivity contribution in [2.45, 2.75) is 51.5 Å². The second-order valence-electron chi connectivity index (χ2n) is 7.88. The highest BCUT2D eigenvalue weighted by Gasteiger charge is 2.39. The second-order valence-corrected chi connectivity index (χ2v) is 7.88. The van der Waals surface area contributed by atoms with E-state index in [0.29, 0.717) is 19.6 Å². The first kappa shape index (κ1) is 18.7. The van der Waals surface area contributed by atoms with Crippen molar-refractivity contribution < 1.29 is 19.0 Å². The van der Waals surface area contributed by atoms with Gasteiger partial charge in [-0.1, -0.05) is 18.2 Å². The first-order chi connectivity index (χ1) is 12.2. The minimum absolute atomic E-state index is 0.175. The van der Waals surface area contributed by atoms with Crippen molar-refractivity contribution in [3.8, 4) is 0 Å². The van der Waals surface area contributed by atoms with Crippen molar-refractivity contribution in [2.24, 2.45) is 0 Å². The predicted molar refractivity (Wildman–Crippen MR) is 100 cm³/mol. The predicted octanol–water partition coefficient (Wildman–Crippen LogP) is 3.71. The number of amides is 1. The average molecular weight is 360 g/mol. The molecule has 0 spiro atoms. The van der Waals surface area contributed by atoms with Crippen molar-refractivity contribution in [1.82, 2.24) is 9.88 Å². The van der Waals surface area contributed by atoms with Gasteiger partial charge in [0.2, 0.25) is 0 Å². The Hall–Kier alpha value is -2.05. The van der Waals surface area contributed by atoms with E-state index in [2.05, 4.69) is 17.1 Å². The Balaban J connectivity index is 1.81. The van der Waals surface area contributed by atoms with E-state index in [0.717, 1.165) is 5.52 Å². The smallest absolute Gasteiger partial charge is 0.410 e. The molecular formula is C20H28N2O4. The number of benzene rings is 1. The fourth-order valence-corrected chi connectivity index (χ4v) is 3.58. The second kappa shape index (κ2) is 6.93. The SMILES string of the molecule is COC(=O)N(CC1COC(C)(C)O1)C(C)(C)Cc1c[nH]c2ccccc12. The van der Waals surface area contributed by atoms with E-state index in [4.69, 9.17) is 14.2 Å². The Morgan fingerprint density at radius 1 is 1.38 bits per heavy atom. The third kappa shape index (κ3) is 3.86. The minimum atomic E-state index is -0.618. The Kier molecular flexibility index (Phi) is 4.99. The number of nitrogens with zero attached hydrogens (tertiary/aromatic N) is 1. The van der Waals surface area contributed by atoms with Crippen LogP contribution in [0.1, 0.15) is 33.3 Å². The van der Waals surface area contributed by atoms with Crippen molar-refractivity contribution in [3.05, 3.63) is 36.0 Å². The van der Waals surface area contributed by atoms with Gasteiger partial charge in [0.1, 0.15) is 6.10 Å². The number of H-pyrrole nitrogens is 1. The lowest BCUT2D eigenvalue weighted by Gasteiger charge is -2.38. The molecule has 0 aliphatic carbocycles. The van der Waals surface area contributed by atoms with Crippen LogP contribution >= 0.6 is 0 Å². The van der Waals surface area contributed by atoms with Gasteiger partial charge in [0, 0.05) is 22.6 Å². The highest BCUT2D eigenvalue weighted by Crippen LogP contribution is 2.29. The minimum Gasteiger partial charge on any atom is -0.453 e. The van der Waals surface area contributed by atoms with Crippen LogP contribution in [0.15, 0.2) is 30.5 Å². The van der Waals surface area contributed by atoms with Gasteiger partial charge >= 0.3 is 6.09 Å². The summed E-state index contributed by atoms with van der Waals surface area (Å²) in [6, 6.07) is 8.18. The maximum atomic E-state index is 12.5. The van der Waals surface area contributed by atoms with Crippen LogP contribution in [0.4, 0.5) is 4.79 Å². The molecule has 1 aromatic heterocycles. The Labute approximate surface area is 154 Å². The number of aromatic amines is 1. The van der Waals surface area contributed by atoms with E-state index < -0.39 is 11.3 Å². The lowest BCUT2D eigenvalue weighted by atomic mass is 9.92. The normalized spacial score (nSPS) is 19.7. The van der Waals surface area contributed by atoms with Gasteiger partial charge in [-0.2, -0.15) is 0 Å². The number of hydrogen-bond donors (Lipinski definition) is 1. The zero-order valence-corrected chi connectivity index (χ0v) is 16.2. The molecular weight excluding hydrogens is 332 g/mol. The maximum absolute atomic E-state index is 12.5. The van der Waals surface area contributed by atoms with Crippen LogP contribution in [0.3, 0.4) is 0 Å². The van der Waals surface area contributed by atoms with Gasteiger partial charge in [-0.3, -0.25) is 0 Å². The van der Waals surface area contributed by atoms with Crippen LogP contribution in [0.5, 0.6) is 0 Å². The summed E-state index contributed by atoms with van der Waals surface area (Å²) in [5, 5.41) is 1.17. The number of methoxy groups -OCH3 is 1. The number of rotatable bonds is 5. The third-order valence-electron chi connectivity index (χ3n) is 4.88. The number of para-hydroxylation sites is 1. The molecule has 1 aliphatic rings. The number of fused-ring (bicyclic) bond motifs is 1. The molecule has 1 atom stereocenters. The molecule has 1 fully saturated rings. The fraction of sp³-hybridized carbons (Fsp3) is 0.550. The van der Waals surface area contributed by atoms with Crippen LogP contribution in [0.25, 0.3) is 10.9 Å². The largest absolute Gasteiger partial charge is 0.453 e. The molecule has 0 radical (unpaired) electrons. The molecule has 1 unspecified atom stereocenters. The average Bonchev–Trinajstić information content (AvgIpc) is 3.14. The molecule has 1 aliphatic heterocycles. The fourth-order valence-electron chi connectivity index (χ4n) is 3.58. The Morgan fingerprint density at radius 3 is 2.77 bits per heavy atom. The molecule has 2 heterocycles. The van der Waals surface area contributed by atoms with Crippen LogP contribution in [0, 0.1) is 0 Å². The van der Waals surface area contributed by atoms with Crippen LogP contribution in [0.2, 0.25) is 0 Å². The summed E-state index contributed by atoms with van der Waals surface area (Å²) in [4.78, 5) is 17.5. The Bertz CT molecular complexity index is 781. The van der Waals surface area contributed by atoms with Gasteiger partial charge in [0.25, 0.3) is 0 Å². The van der Waals surface area contributed by atoms with E-state index in [-0.39, 0.29) is 12.2 Å². The summed E-state index contributed by atoms with van der Waals surface area (Å²) in [7, 11) is 1.41. The molecule has 142 valence electrons. The first-order valence-corrected chi connectivity index (χ1v) is 8.94. The van der Waals surface area contributed by atoms with Crippen LogP contribution in [-0.4, -0.2) is 53.7 Å². The third-order valence-corrected chi connectivity index (χ3v) is 4.88. The summed E-state index contributed by atoms with van der Waals surface area (Å²) in [6.45, 7) is 8.74. The molecule has 0 bridgehead atoms. The van der Waals surface area contributed by atoms with Crippen molar-refractivity contribution >= 4 is 17.0 Å². The molecule has 0 saturated carbocycles. The van der Waals surface area contributed by atoms with Crippen molar-refractivity contribution in [2.75, 3.05) is 20.3 Å². The number of ether oxygens (including phenoxy) is 3. The highest BCUT2D eigenvalue weighted by molar-refractivity contribution is 5.83. The molecule has 6 heteroatoms. The number of carbonyl (C=O) groups excluding carboxylic acids is 1. The lowest BCUT2D eigenvalue weighted by Crippen LogP contribution is -2.52. The van der Waals surface area contributed by atoms with Crippen molar-refractivity contribution in [1.29, 1.82) is 0 Å². The van der Waals surface area contributed by atoms with E-state index in [9.17, 15) is 4.79 Å². The van der Waals surface area contributed by atoms with Gasteiger partial charge in [-0.15, -0.1) is 0 Å². The van der Waals surface area contributed by atoms with Gasteiger partial charge in [0.05, 0.1) is 20.3 Å². The van der Waals surface area contributed by atoms with Crippen LogP contribution in [-0.2, 0) is 20.6 Å². The zero-order valence-electron chi connectivity index (χ0n) is 16.2. The van der Waals surface area contributed by atoms with E-state index >= 15 is 0 Å². The molecule has 6 nitrogen and oxygen atoms in total. The maximum Gasteiger partial charge on any atom is 0.410 e. The van der Waals surface area contributed by atoms with Gasteiger partial charge in [0.15, 0.2) is 5.79 Å². The topological polar surface area (TPSA) is 63.8 Å². The standard InChI is InChI=1S/C20H28N2O4/c1-19(2,10-14-11-21-17-9-7-6-8-16(14)17)22(18(23)24-5)12-15-13-25-20(3,4)26-15/h6-9,11,15,21H,10,12-13H2,1-5H3.